The summed E-state index contributed by atoms with van der Waals surface area (Å²) in [4.78, 5) is 21.9. The van der Waals surface area contributed by atoms with Crippen molar-refractivity contribution in [3.63, 3.8) is 0 Å². The minimum Gasteiger partial charge on any atom is -0.397 e. The van der Waals surface area contributed by atoms with Crippen LogP contribution in [-0.4, -0.2) is 69.0 Å². The van der Waals surface area contributed by atoms with Crippen molar-refractivity contribution in [3.05, 3.63) is 88.4 Å². The Kier molecular flexibility index (Phi) is 11.7. The average Bonchev–Trinajstić information content (AvgIpc) is 3.57. The van der Waals surface area contributed by atoms with E-state index >= 15 is 0 Å². The van der Waals surface area contributed by atoms with Crippen LogP contribution in [0.4, 0.5) is 40.9 Å². The van der Waals surface area contributed by atoms with Gasteiger partial charge in [0.25, 0.3) is 18.8 Å². The van der Waals surface area contributed by atoms with E-state index in [1.807, 2.05) is 0 Å². The molecule has 286 valence electrons. The molecule has 0 spiro atoms. The number of benzene rings is 2. The van der Waals surface area contributed by atoms with Gasteiger partial charge in [-0.15, -0.1) is 0 Å². The summed E-state index contributed by atoms with van der Waals surface area (Å²) in [6.07, 6.45) is -7.55. The smallest absolute Gasteiger partial charge is 0.289 e. The van der Waals surface area contributed by atoms with Crippen LogP contribution in [0.3, 0.4) is 0 Å². The molecule has 1 aliphatic rings. The van der Waals surface area contributed by atoms with Crippen LogP contribution in [0.1, 0.15) is 49.7 Å². The fraction of sp³-hybridized carbons (Fsp3) is 0.351. The van der Waals surface area contributed by atoms with Gasteiger partial charge in [0.1, 0.15) is 35.2 Å². The van der Waals surface area contributed by atoms with Gasteiger partial charge >= 0.3 is 0 Å². The second kappa shape index (κ2) is 15.8. The topological polar surface area (TPSA) is 130 Å². The number of amides is 1. The summed E-state index contributed by atoms with van der Waals surface area (Å²) < 4.78 is 113. The largest absolute Gasteiger partial charge is 0.397 e. The van der Waals surface area contributed by atoms with Crippen LogP contribution < -0.4 is 16.4 Å². The number of nitrogens with zero attached hydrogens (tertiary/aromatic N) is 4. The number of fused-ring (bicyclic) bond motifs is 1. The van der Waals surface area contributed by atoms with E-state index in [-0.39, 0.29) is 29.2 Å². The molecule has 4 aromatic rings. The second-order valence-electron chi connectivity index (χ2n) is 13.1. The van der Waals surface area contributed by atoms with Crippen molar-refractivity contribution >= 4 is 28.3 Å². The predicted octanol–water partition coefficient (Wildman–Crippen LogP) is 6.46. The number of allylic oxidation sites excluding steroid dienone is 2. The summed E-state index contributed by atoms with van der Waals surface area (Å²) >= 11 is 0. The lowest BCUT2D eigenvalue weighted by Crippen LogP contribution is -2.34. The molecule has 1 fully saturated rings. The van der Waals surface area contributed by atoms with Crippen molar-refractivity contribution in [1.29, 1.82) is 0 Å². The number of pyridine rings is 1. The number of carbonyl (C=O) groups is 1. The minimum absolute atomic E-state index is 0.0549. The molecule has 1 unspecified atom stereocenters. The first-order chi connectivity index (χ1) is 25.3. The number of nitrogens with one attached hydrogen (secondary N) is 2. The number of aliphatic imine (C=N–C) groups is 1. The Hall–Kier alpha value is -5.50. The molecule has 0 aliphatic heterocycles. The van der Waals surface area contributed by atoms with Crippen molar-refractivity contribution in [2.24, 2.45) is 17.8 Å². The molecule has 54 heavy (non-hydrogen) atoms. The van der Waals surface area contributed by atoms with Crippen LogP contribution in [-0.2, 0) is 18.3 Å². The molecule has 17 heteroatoms. The predicted molar refractivity (Wildman–Crippen MR) is 186 cm³/mol. The summed E-state index contributed by atoms with van der Waals surface area (Å²) in [5, 5.41) is 20.3. The molecule has 0 saturated heterocycles. The van der Waals surface area contributed by atoms with Crippen LogP contribution in [0.2, 0.25) is 0 Å². The van der Waals surface area contributed by atoms with Gasteiger partial charge in [-0.05, 0) is 68.5 Å². The van der Waals surface area contributed by atoms with Gasteiger partial charge in [-0.2, -0.15) is 13.9 Å². The average molecular weight is 762 g/mol. The lowest BCUT2D eigenvalue weighted by molar-refractivity contribution is -0.120. The van der Waals surface area contributed by atoms with Gasteiger partial charge < -0.3 is 21.5 Å². The monoisotopic (exact) mass is 761 g/mol. The van der Waals surface area contributed by atoms with Crippen LogP contribution in [0.15, 0.2) is 64.8 Å². The molecule has 1 aliphatic carbocycles. The van der Waals surface area contributed by atoms with Crippen LogP contribution in [0, 0.1) is 23.5 Å². The number of hydrogen-bond acceptors (Lipinski definition) is 7. The fourth-order valence-electron chi connectivity index (χ4n) is 6.05. The normalized spacial score (nSPS) is 16.5. The molecule has 0 bridgehead atoms. The standard InChI is InChI=1S/C37H35F8N7O2/c1-36(2,54)11-9-22-7-8-23(24-5-4-6-26-32(24)52(3)51-35(26)48-17-28(40)41)31(49-22)27(15-19-13-20(38)16-21(39)14-19)50-29(53)18-47-33-25(30(46)34(42)43)10-12-37(33,44)45/h4-8,13-14,16,27-28,34,54H,10,12,15,17-18,46H2,1-3H3,(H,48,51)(H,50,53). The van der Waals surface area contributed by atoms with Crippen molar-refractivity contribution in [1.82, 2.24) is 20.1 Å². The Labute approximate surface area is 304 Å². The lowest BCUT2D eigenvalue weighted by atomic mass is 9.93. The molecule has 1 amide bonds. The maximum atomic E-state index is 14.8. The van der Waals surface area contributed by atoms with Gasteiger partial charge in [-0.25, -0.2) is 31.3 Å². The molecule has 2 aromatic heterocycles. The van der Waals surface area contributed by atoms with Gasteiger partial charge in [-0.3, -0.25) is 14.5 Å². The third-order valence-electron chi connectivity index (χ3n) is 8.31. The van der Waals surface area contributed by atoms with E-state index < -0.39 is 90.9 Å². The number of carbonyl (C=O) groups excluding carboxylic acids is 1. The van der Waals surface area contributed by atoms with Crippen LogP contribution in [0.5, 0.6) is 0 Å². The maximum Gasteiger partial charge on any atom is 0.289 e. The Bertz CT molecular complexity index is 2160. The van der Waals surface area contributed by atoms with E-state index in [9.17, 15) is 45.0 Å². The molecule has 9 nitrogen and oxygen atoms in total. The van der Waals surface area contributed by atoms with E-state index in [2.05, 4.69) is 37.5 Å². The Balaban J connectivity index is 1.66. The van der Waals surface area contributed by atoms with Crippen LogP contribution in [0.25, 0.3) is 22.0 Å². The number of para-hydroxylation sites is 1. The highest BCUT2D eigenvalue weighted by Gasteiger charge is 2.45. The van der Waals surface area contributed by atoms with Crippen molar-refractivity contribution in [2.45, 2.75) is 63.5 Å². The quantitative estimate of drug-likeness (QED) is 0.103. The molecule has 2 heterocycles. The molecular weight excluding hydrogens is 726 g/mol. The molecule has 1 atom stereocenters. The van der Waals surface area contributed by atoms with E-state index in [0.29, 0.717) is 28.1 Å². The highest BCUT2D eigenvalue weighted by molar-refractivity contribution is 6.08. The number of rotatable bonds is 11. The Morgan fingerprint density at radius 2 is 1.80 bits per heavy atom. The first-order valence-electron chi connectivity index (χ1n) is 16.5. The van der Waals surface area contributed by atoms with Crippen molar-refractivity contribution in [2.75, 3.05) is 18.4 Å². The van der Waals surface area contributed by atoms with Crippen molar-refractivity contribution in [3.8, 4) is 23.0 Å². The van der Waals surface area contributed by atoms with Gasteiger partial charge in [0, 0.05) is 41.6 Å². The van der Waals surface area contributed by atoms with E-state index in [1.54, 1.807) is 31.3 Å². The number of anilines is 1. The molecule has 2 aromatic carbocycles. The zero-order chi connectivity index (χ0) is 39.5. The molecule has 5 N–H and O–H groups in total. The summed E-state index contributed by atoms with van der Waals surface area (Å²) in [5.74, 6) is -0.953. The summed E-state index contributed by atoms with van der Waals surface area (Å²) in [6, 6.07) is 9.44. The minimum atomic E-state index is -3.64. The van der Waals surface area contributed by atoms with Crippen LogP contribution >= 0.6 is 0 Å². The van der Waals surface area contributed by atoms with Gasteiger partial charge in [0.05, 0.1) is 29.5 Å². The first-order valence-corrected chi connectivity index (χ1v) is 16.5. The number of hydrogen-bond donors (Lipinski definition) is 4. The van der Waals surface area contributed by atoms with Gasteiger partial charge in [0.2, 0.25) is 5.91 Å². The Morgan fingerprint density at radius 3 is 2.44 bits per heavy atom. The third-order valence-corrected chi connectivity index (χ3v) is 8.31. The van der Waals surface area contributed by atoms with E-state index in [0.717, 1.165) is 12.1 Å². The van der Waals surface area contributed by atoms with E-state index in [4.69, 9.17) is 5.73 Å². The SMILES string of the molecule is Cn1nc(NCC(F)F)c2cccc(-c3ccc(C#CC(C)(C)O)nc3C(Cc3cc(F)cc(F)c3)NC(=O)CN=C3C(=C(N)C(F)F)CCC3(F)F)c21. The number of aliphatic hydroxyl groups is 1. The number of halogens is 8. The van der Waals surface area contributed by atoms with Crippen molar-refractivity contribution < 1.29 is 45.0 Å². The van der Waals surface area contributed by atoms with E-state index in [1.165, 1.54) is 24.6 Å². The number of alkyl halides is 6. The highest BCUT2D eigenvalue weighted by Crippen LogP contribution is 2.39. The second-order valence-corrected chi connectivity index (χ2v) is 13.1. The molecule has 5 rings (SSSR count). The number of aromatic nitrogens is 3. The number of aryl methyl sites for hydroxylation is 1. The summed E-state index contributed by atoms with van der Waals surface area (Å²) in [6.45, 7) is 1.22. The van der Waals surface area contributed by atoms with Gasteiger partial charge in [-0.1, -0.05) is 18.1 Å². The van der Waals surface area contributed by atoms with Gasteiger partial charge in [0.15, 0.2) is 5.82 Å². The lowest BCUT2D eigenvalue weighted by Gasteiger charge is -2.22. The Morgan fingerprint density at radius 1 is 1.09 bits per heavy atom. The molecular formula is C37H35F8N7O2. The highest BCUT2D eigenvalue weighted by atomic mass is 19.3. The fourth-order valence-corrected chi connectivity index (χ4v) is 6.05. The summed E-state index contributed by atoms with van der Waals surface area (Å²) in [7, 11) is 1.58. The summed E-state index contributed by atoms with van der Waals surface area (Å²) in [5.41, 5.74) is 2.70. The third kappa shape index (κ3) is 9.34. The maximum absolute atomic E-state index is 14.8. The zero-order valence-electron chi connectivity index (χ0n) is 29.1. The zero-order valence-corrected chi connectivity index (χ0v) is 29.1. The number of nitrogens with two attached hydrogens (primary N) is 1. The molecule has 1 saturated carbocycles. The molecule has 0 radical (unpaired) electrons. The first kappa shape index (κ1) is 39.7.